The van der Waals surface area contributed by atoms with Crippen LogP contribution in [0.1, 0.15) is 77.0 Å². The standard InChI is InChI=1S/C20H38N4S2/c21-19(23-13-17-9-5-1-2-6-10-17)15-25-26-16-20(22)24-14-18-11-7-3-4-8-12-18/h17-18H,1-16H2,(H2,21,23)(H2,22,24). The Hall–Kier alpha value is -0.360. The molecular formula is C20H38N4S2. The zero-order valence-corrected chi connectivity index (χ0v) is 18.0. The number of nitrogens with two attached hydrogens (primary N) is 2. The minimum atomic E-state index is 0.750. The molecule has 0 bridgehead atoms. The summed E-state index contributed by atoms with van der Waals surface area (Å²) in [6, 6.07) is 0. The number of aliphatic imine (C=N–C) groups is 2. The Bertz CT molecular complexity index is 384. The average Bonchev–Trinajstić information content (AvgIpc) is 3.06. The lowest BCUT2D eigenvalue weighted by Crippen LogP contribution is -2.18. The smallest absolute Gasteiger partial charge is 0.105 e. The van der Waals surface area contributed by atoms with Gasteiger partial charge in [-0.25, -0.2) is 0 Å². The van der Waals surface area contributed by atoms with Crippen LogP contribution in [0.4, 0.5) is 0 Å². The van der Waals surface area contributed by atoms with Crippen molar-refractivity contribution in [2.75, 3.05) is 24.6 Å². The highest BCUT2D eigenvalue weighted by Gasteiger charge is 2.12. The van der Waals surface area contributed by atoms with Gasteiger partial charge in [-0.1, -0.05) is 73.0 Å². The molecular weight excluding hydrogens is 360 g/mol. The normalized spacial score (nSPS) is 22.2. The van der Waals surface area contributed by atoms with Crippen LogP contribution in [-0.4, -0.2) is 36.3 Å². The third kappa shape index (κ3) is 10.1. The van der Waals surface area contributed by atoms with Crippen molar-refractivity contribution < 1.29 is 0 Å². The summed E-state index contributed by atoms with van der Waals surface area (Å²) in [5.41, 5.74) is 12.1. The van der Waals surface area contributed by atoms with Crippen molar-refractivity contribution in [2.45, 2.75) is 77.0 Å². The first kappa shape index (κ1) is 21.9. The van der Waals surface area contributed by atoms with E-state index in [0.29, 0.717) is 0 Å². The molecule has 0 atom stereocenters. The zero-order chi connectivity index (χ0) is 18.5. The molecule has 150 valence electrons. The van der Waals surface area contributed by atoms with Crippen LogP contribution in [-0.2, 0) is 0 Å². The largest absolute Gasteiger partial charge is 0.387 e. The van der Waals surface area contributed by atoms with E-state index in [2.05, 4.69) is 9.98 Å². The lowest BCUT2D eigenvalue weighted by molar-refractivity contribution is 0.472. The van der Waals surface area contributed by atoms with Crippen LogP contribution >= 0.6 is 21.6 Å². The van der Waals surface area contributed by atoms with E-state index in [9.17, 15) is 0 Å². The third-order valence-corrected chi connectivity index (χ3v) is 7.75. The van der Waals surface area contributed by atoms with Gasteiger partial charge in [-0.2, -0.15) is 0 Å². The summed E-state index contributed by atoms with van der Waals surface area (Å²) in [6.45, 7) is 1.84. The maximum atomic E-state index is 6.07. The molecule has 0 aliphatic heterocycles. The van der Waals surface area contributed by atoms with E-state index in [1.54, 1.807) is 21.6 Å². The van der Waals surface area contributed by atoms with Gasteiger partial charge in [0.2, 0.25) is 0 Å². The second-order valence-corrected chi connectivity index (χ2v) is 10.4. The van der Waals surface area contributed by atoms with E-state index in [1.165, 1.54) is 77.0 Å². The lowest BCUT2D eigenvalue weighted by atomic mass is 10.0. The van der Waals surface area contributed by atoms with E-state index in [0.717, 1.165) is 48.1 Å². The van der Waals surface area contributed by atoms with E-state index >= 15 is 0 Å². The number of hydrogen-bond donors (Lipinski definition) is 2. The van der Waals surface area contributed by atoms with Crippen LogP contribution < -0.4 is 11.5 Å². The van der Waals surface area contributed by atoms with Crippen LogP contribution in [0.3, 0.4) is 0 Å². The minimum Gasteiger partial charge on any atom is -0.387 e. The van der Waals surface area contributed by atoms with Gasteiger partial charge in [0.05, 0.1) is 11.5 Å². The first-order chi connectivity index (χ1) is 12.7. The van der Waals surface area contributed by atoms with Gasteiger partial charge < -0.3 is 11.5 Å². The number of nitrogens with zero attached hydrogens (tertiary/aromatic N) is 2. The molecule has 0 aromatic rings. The van der Waals surface area contributed by atoms with Gasteiger partial charge in [-0.15, -0.1) is 0 Å². The molecule has 4 nitrogen and oxygen atoms in total. The molecule has 2 aliphatic carbocycles. The topological polar surface area (TPSA) is 76.8 Å². The van der Waals surface area contributed by atoms with Crippen molar-refractivity contribution in [3.63, 3.8) is 0 Å². The second kappa shape index (κ2) is 13.8. The summed E-state index contributed by atoms with van der Waals surface area (Å²) in [5, 5.41) is 0. The molecule has 0 aromatic heterocycles. The highest BCUT2D eigenvalue weighted by atomic mass is 33.1. The monoisotopic (exact) mass is 398 g/mol. The van der Waals surface area contributed by atoms with Crippen molar-refractivity contribution >= 4 is 33.3 Å². The highest BCUT2D eigenvalue weighted by Crippen LogP contribution is 2.25. The zero-order valence-electron chi connectivity index (χ0n) is 16.3. The molecule has 26 heavy (non-hydrogen) atoms. The van der Waals surface area contributed by atoms with E-state index in [4.69, 9.17) is 11.5 Å². The van der Waals surface area contributed by atoms with Crippen molar-refractivity contribution in [3.8, 4) is 0 Å². The molecule has 6 heteroatoms. The quantitative estimate of drug-likeness (QED) is 0.188. The molecule has 0 spiro atoms. The van der Waals surface area contributed by atoms with Crippen molar-refractivity contribution in [1.29, 1.82) is 0 Å². The summed E-state index contributed by atoms with van der Waals surface area (Å²) in [5.74, 6) is 4.63. The molecule has 4 N–H and O–H groups in total. The van der Waals surface area contributed by atoms with Crippen LogP contribution in [0, 0.1) is 11.8 Å². The Balaban J connectivity index is 1.55. The summed E-state index contributed by atoms with van der Waals surface area (Å²) in [6.07, 6.45) is 16.3. The molecule has 2 saturated carbocycles. The Morgan fingerprint density at radius 3 is 1.31 bits per heavy atom. The first-order valence-corrected chi connectivity index (χ1v) is 13.0. The molecule has 0 radical (unpaired) electrons. The van der Waals surface area contributed by atoms with E-state index < -0.39 is 0 Å². The Labute approximate surface area is 168 Å². The lowest BCUT2D eigenvalue weighted by Gasteiger charge is -2.11. The minimum absolute atomic E-state index is 0.750. The van der Waals surface area contributed by atoms with Crippen molar-refractivity contribution in [2.24, 2.45) is 33.3 Å². The fourth-order valence-electron chi connectivity index (χ4n) is 3.88. The van der Waals surface area contributed by atoms with Crippen LogP contribution in [0.5, 0.6) is 0 Å². The molecule has 0 aromatic carbocycles. The number of amidine groups is 2. The van der Waals surface area contributed by atoms with Crippen molar-refractivity contribution in [3.05, 3.63) is 0 Å². The Morgan fingerprint density at radius 1 is 0.615 bits per heavy atom. The van der Waals surface area contributed by atoms with Crippen LogP contribution in [0.2, 0.25) is 0 Å². The molecule has 2 fully saturated rings. The predicted octanol–water partition coefficient (Wildman–Crippen LogP) is 5.02. The van der Waals surface area contributed by atoms with Crippen LogP contribution in [0.15, 0.2) is 9.98 Å². The Kier molecular flexibility index (Phi) is 11.6. The molecule has 0 saturated heterocycles. The fraction of sp³-hybridized carbons (Fsp3) is 0.900. The Morgan fingerprint density at radius 2 is 0.962 bits per heavy atom. The first-order valence-electron chi connectivity index (χ1n) is 10.6. The van der Waals surface area contributed by atoms with E-state index in [-0.39, 0.29) is 0 Å². The summed E-state index contributed by atoms with van der Waals surface area (Å²) < 4.78 is 0. The van der Waals surface area contributed by atoms with Gasteiger partial charge in [0, 0.05) is 13.1 Å². The maximum Gasteiger partial charge on any atom is 0.105 e. The van der Waals surface area contributed by atoms with Gasteiger partial charge in [0.15, 0.2) is 0 Å². The molecule has 0 unspecified atom stereocenters. The van der Waals surface area contributed by atoms with Gasteiger partial charge in [-0.3, -0.25) is 9.98 Å². The average molecular weight is 399 g/mol. The molecule has 2 aliphatic rings. The maximum absolute atomic E-state index is 6.07. The van der Waals surface area contributed by atoms with Gasteiger partial charge in [-0.05, 0) is 37.5 Å². The number of hydrogen-bond acceptors (Lipinski definition) is 4. The molecule has 0 amide bonds. The summed E-state index contributed by atoms with van der Waals surface area (Å²) in [4.78, 5) is 9.22. The van der Waals surface area contributed by atoms with Gasteiger partial charge in [0.25, 0.3) is 0 Å². The SMILES string of the molecule is NC(CSSCC(N)=NCC1CCCCCC1)=NCC1CCCCCC1. The van der Waals surface area contributed by atoms with Crippen LogP contribution in [0.25, 0.3) is 0 Å². The van der Waals surface area contributed by atoms with Gasteiger partial charge in [0.1, 0.15) is 11.7 Å². The summed E-state index contributed by atoms with van der Waals surface area (Å²) >= 11 is 0. The number of rotatable bonds is 9. The van der Waals surface area contributed by atoms with E-state index in [1.807, 2.05) is 0 Å². The predicted molar refractivity (Wildman–Crippen MR) is 120 cm³/mol. The molecule has 0 heterocycles. The second-order valence-electron chi connectivity index (χ2n) is 7.90. The highest BCUT2D eigenvalue weighted by molar-refractivity contribution is 8.77. The van der Waals surface area contributed by atoms with Crippen molar-refractivity contribution in [1.82, 2.24) is 0 Å². The van der Waals surface area contributed by atoms with Gasteiger partial charge >= 0.3 is 0 Å². The molecule has 2 rings (SSSR count). The third-order valence-electron chi connectivity index (χ3n) is 5.55. The fourth-order valence-corrected chi connectivity index (χ4v) is 5.70. The summed E-state index contributed by atoms with van der Waals surface area (Å²) in [7, 11) is 3.49.